The molecule has 0 spiro atoms. The van der Waals surface area contributed by atoms with E-state index in [9.17, 15) is 4.79 Å². The van der Waals surface area contributed by atoms with Crippen LogP contribution in [0.2, 0.25) is 0 Å². The van der Waals surface area contributed by atoms with Crippen LogP contribution in [0.3, 0.4) is 0 Å². The van der Waals surface area contributed by atoms with Gasteiger partial charge in [-0.15, -0.1) is 5.10 Å². The highest BCUT2D eigenvalue weighted by atomic mass is 32.1. The molecule has 0 aliphatic carbocycles. The number of carbonyl (C=O) groups is 1. The van der Waals surface area contributed by atoms with Crippen molar-refractivity contribution in [3.63, 3.8) is 0 Å². The second-order valence-electron chi connectivity index (χ2n) is 5.79. The number of ether oxygens (including phenoxy) is 1. The van der Waals surface area contributed by atoms with Crippen LogP contribution in [0, 0.1) is 6.92 Å². The monoisotopic (exact) mass is 332 g/mol. The molecule has 1 amide bonds. The highest BCUT2D eigenvalue weighted by molar-refractivity contribution is 7.08. The maximum Gasteiger partial charge on any atom is 0.269 e. The molecule has 122 valence electrons. The number of aryl methyl sites for hydroxylation is 1. The number of rotatable bonds is 4. The van der Waals surface area contributed by atoms with Crippen LogP contribution in [0.1, 0.15) is 28.2 Å². The topological polar surface area (TPSA) is 67.3 Å². The van der Waals surface area contributed by atoms with Crippen molar-refractivity contribution in [3.8, 4) is 5.75 Å². The molecule has 1 aliphatic rings. The molecule has 6 nitrogen and oxygen atoms in total. The molecule has 1 aromatic carbocycles. The van der Waals surface area contributed by atoms with Gasteiger partial charge in [-0.3, -0.25) is 4.79 Å². The Kier molecular flexibility index (Phi) is 4.88. The maximum absolute atomic E-state index is 12.1. The van der Waals surface area contributed by atoms with Gasteiger partial charge < -0.3 is 15.0 Å². The molecule has 1 aromatic heterocycles. The zero-order valence-corrected chi connectivity index (χ0v) is 14.1. The fourth-order valence-corrected chi connectivity index (χ4v) is 3.09. The van der Waals surface area contributed by atoms with Gasteiger partial charge in [0.15, 0.2) is 0 Å². The third kappa shape index (κ3) is 4.05. The van der Waals surface area contributed by atoms with Crippen molar-refractivity contribution in [2.75, 3.05) is 25.5 Å². The van der Waals surface area contributed by atoms with Gasteiger partial charge in [-0.25, -0.2) is 0 Å². The fraction of sp³-hybridized carbons (Fsp3) is 0.438. The first kappa shape index (κ1) is 15.9. The Labute approximate surface area is 139 Å². The first-order chi connectivity index (χ1) is 11.1. The second-order valence-corrected chi connectivity index (χ2v) is 6.54. The van der Waals surface area contributed by atoms with Gasteiger partial charge in [0.25, 0.3) is 5.91 Å². The van der Waals surface area contributed by atoms with E-state index >= 15 is 0 Å². The average Bonchev–Trinajstić information content (AvgIpc) is 2.98. The van der Waals surface area contributed by atoms with Crippen LogP contribution < -0.4 is 10.1 Å². The molecule has 0 radical (unpaired) electrons. The normalized spacial score (nSPS) is 16.3. The van der Waals surface area contributed by atoms with Crippen LogP contribution in [0.25, 0.3) is 0 Å². The smallest absolute Gasteiger partial charge is 0.269 e. The molecule has 0 unspecified atom stereocenters. The van der Waals surface area contributed by atoms with E-state index in [4.69, 9.17) is 4.74 Å². The van der Waals surface area contributed by atoms with Gasteiger partial charge in [0.05, 0.1) is 5.69 Å². The quantitative estimate of drug-likeness (QED) is 0.932. The van der Waals surface area contributed by atoms with E-state index < -0.39 is 0 Å². The van der Waals surface area contributed by atoms with Crippen molar-refractivity contribution in [3.05, 3.63) is 34.8 Å². The van der Waals surface area contributed by atoms with Crippen molar-refractivity contribution in [2.24, 2.45) is 0 Å². The molecule has 1 saturated heterocycles. The third-order valence-corrected chi connectivity index (χ3v) is 4.76. The van der Waals surface area contributed by atoms with E-state index in [2.05, 4.69) is 26.9 Å². The summed E-state index contributed by atoms with van der Waals surface area (Å²) in [4.78, 5) is 15.0. The van der Waals surface area contributed by atoms with Gasteiger partial charge in [0.1, 0.15) is 16.7 Å². The zero-order valence-electron chi connectivity index (χ0n) is 13.3. The summed E-state index contributed by atoms with van der Waals surface area (Å²) in [5, 5.41) is 6.70. The van der Waals surface area contributed by atoms with Crippen LogP contribution in [0.4, 0.5) is 5.69 Å². The summed E-state index contributed by atoms with van der Waals surface area (Å²) in [5.74, 6) is 0.662. The number of piperidine rings is 1. The number of aromatic nitrogens is 2. The lowest BCUT2D eigenvalue weighted by Gasteiger charge is -2.29. The Morgan fingerprint density at radius 2 is 2.00 bits per heavy atom. The number of likely N-dealkylation sites (tertiary alicyclic amines) is 1. The van der Waals surface area contributed by atoms with E-state index in [1.807, 2.05) is 24.3 Å². The minimum atomic E-state index is -0.179. The highest BCUT2D eigenvalue weighted by Gasteiger charge is 2.18. The molecule has 2 aromatic rings. The molecule has 1 fully saturated rings. The Hall–Kier alpha value is -1.99. The molecule has 23 heavy (non-hydrogen) atoms. The van der Waals surface area contributed by atoms with Gasteiger partial charge >= 0.3 is 0 Å². The van der Waals surface area contributed by atoms with Gasteiger partial charge in [-0.2, -0.15) is 0 Å². The minimum absolute atomic E-state index is 0.179. The van der Waals surface area contributed by atoms with Crippen molar-refractivity contribution < 1.29 is 9.53 Å². The van der Waals surface area contributed by atoms with Gasteiger partial charge in [-0.1, -0.05) is 4.49 Å². The summed E-state index contributed by atoms with van der Waals surface area (Å²) in [5.41, 5.74) is 1.38. The summed E-state index contributed by atoms with van der Waals surface area (Å²) >= 11 is 1.10. The minimum Gasteiger partial charge on any atom is -0.490 e. The lowest BCUT2D eigenvalue weighted by atomic mass is 10.1. The summed E-state index contributed by atoms with van der Waals surface area (Å²) in [6.45, 7) is 3.92. The molecular formula is C16H20N4O2S. The molecule has 0 bridgehead atoms. The van der Waals surface area contributed by atoms with Gasteiger partial charge in [-0.05, 0) is 62.6 Å². The Bertz CT molecular complexity index is 663. The summed E-state index contributed by atoms with van der Waals surface area (Å²) in [6, 6.07) is 7.50. The molecular weight excluding hydrogens is 312 g/mol. The maximum atomic E-state index is 12.1. The van der Waals surface area contributed by atoms with E-state index in [1.165, 1.54) is 0 Å². The van der Waals surface area contributed by atoms with Crippen LogP contribution >= 0.6 is 11.5 Å². The number of hydrogen-bond acceptors (Lipinski definition) is 6. The first-order valence-electron chi connectivity index (χ1n) is 7.67. The van der Waals surface area contributed by atoms with Crippen LogP contribution in [-0.4, -0.2) is 46.6 Å². The van der Waals surface area contributed by atoms with Crippen molar-refractivity contribution in [2.45, 2.75) is 25.9 Å². The SMILES string of the molecule is Cc1nnsc1C(=O)Nc1ccc(OC2CCN(C)CC2)cc1. The summed E-state index contributed by atoms with van der Waals surface area (Å²) in [7, 11) is 2.13. The molecule has 1 N–H and O–H groups in total. The predicted octanol–water partition coefficient (Wildman–Crippen LogP) is 2.57. The third-order valence-electron chi connectivity index (χ3n) is 3.94. The molecule has 3 rings (SSSR count). The lowest BCUT2D eigenvalue weighted by Crippen LogP contribution is -2.35. The fourth-order valence-electron chi connectivity index (χ4n) is 2.54. The molecule has 7 heteroatoms. The van der Waals surface area contributed by atoms with Crippen molar-refractivity contribution in [1.82, 2.24) is 14.5 Å². The Balaban J connectivity index is 1.57. The van der Waals surface area contributed by atoms with Gasteiger partial charge in [0.2, 0.25) is 0 Å². The van der Waals surface area contributed by atoms with Crippen LogP contribution in [-0.2, 0) is 0 Å². The number of nitrogens with one attached hydrogen (secondary N) is 1. The Morgan fingerprint density at radius 3 is 2.61 bits per heavy atom. The number of anilines is 1. The van der Waals surface area contributed by atoms with Crippen molar-refractivity contribution >= 4 is 23.1 Å². The first-order valence-corrected chi connectivity index (χ1v) is 8.45. The number of benzene rings is 1. The summed E-state index contributed by atoms with van der Waals surface area (Å²) < 4.78 is 9.77. The second kappa shape index (κ2) is 7.06. The number of nitrogens with zero attached hydrogens (tertiary/aromatic N) is 3. The zero-order chi connectivity index (χ0) is 16.2. The molecule has 1 aliphatic heterocycles. The molecule has 0 atom stereocenters. The van der Waals surface area contributed by atoms with Gasteiger partial charge in [0, 0.05) is 18.8 Å². The van der Waals surface area contributed by atoms with Crippen LogP contribution in [0.15, 0.2) is 24.3 Å². The van der Waals surface area contributed by atoms with E-state index in [1.54, 1.807) is 6.92 Å². The molecule has 2 heterocycles. The average molecular weight is 332 g/mol. The number of carbonyl (C=O) groups excluding carboxylic acids is 1. The number of hydrogen-bond donors (Lipinski definition) is 1. The largest absolute Gasteiger partial charge is 0.490 e. The molecule has 0 saturated carbocycles. The van der Waals surface area contributed by atoms with Crippen molar-refractivity contribution in [1.29, 1.82) is 0 Å². The van der Waals surface area contributed by atoms with E-state index in [-0.39, 0.29) is 12.0 Å². The Morgan fingerprint density at radius 1 is 1.30 bits per heavy atom. The van der Waals surface area contributed by atoms with E-state index in [0.29, 0.717) is 10.6 Å². The van der Waals surface area contributed by atoms with E-state index in [0.717, 1.165) is 48.9 Å². The highest BCUT2D eigenvalue weighted by Crippen LogP contribution is 2.21. The van der Waals surface area contributed by atoms with Crippen LogP contribution in [0.5, 0.6) is 5.75 Å². The summed E-state index contributed by atoms with van der Waals surface area (Å²) in [6.07, 6.45) is 2.37. The standard InChI is InChI=1S/C16H20N4O2S/c1-11-15(23-19-18-11)16(21)17-12-3-5-13(6-4-12)22-14-7-9-20(2)10-8-14/h3-6,14H,7-10H2,1-2H3,(H,17,21). The lowest BCUT2D eigenvalue weighted by molar-refractivity contribution is 0.102. The predicted molar refractivity (Wildman–Crippen MR) is 90.2 cm³/mol. The number of amides is 1.